The van der Waals surface area contributed by atoms with Crippen LogP contribution in [-0.2, 0) is 19.1 Å². The molecule has 6 aliphatic rings. The molecule has 168 valence electrons. The van der Waals surface area contributed by atoms with Crippen molar-refractivity contribution in [3.63, 3.8) is 0 Å². The molecule has 0 aliphatic heterocycles. The normalized spacial score (nSPS) is 48.1. The molecular formula is C27H36O4. The van der Waals surface area contributed by atoms with Crippen LogP contribution in [0.3, 0.4) is 0 Å². The maximum Gasteiger partial charge on any atom is 0.311 e. The molecule has 0 heterocycles. The lowest BCUT2D eigenvalue weighted by Gasteiger charge is -2.69. The average Bonchev–Trinajstić information content (AvgIpc) is 2.74. The number of carbonyl (C=O) groups is 3. The van der Waals surface area contributed by atoms with Crippen LogP contribution in [0.25, 0.3) is 0 Å². The van der Waals surface area contributed by atoms with Crippen molar-refractivity contribution in [2.75, 3.05) is 7.11 Å². The van der Waals surface area contributed by atoms with Gasteiger partial charge >= 0.3 is 5.97 Å². The summed E-state index contributed by atoms with van der Waals surface area (Å²) in [6.45, 7) is 8.93. The summed E-state index contributed by atoms with van der Waals surface area (Å²) >= 11 is 0. The zero-order chi connectivity index (χ0) is 22.3. The van der Waals surface area contributed by atoms with E-state index in [0.29, 0.717) is 11.8 Å². The van der Waals surface area contributed by atoms with Gasteiger partial charge in [0.05, 0.1) is 12.5 Å². The lowest BCUT2D eigenvalue weighted by molar-refractivity contribution is -0.199. The van der Waals surface area contributed by atoms with E-state index in [-0.39, 0.29) is 52.0 Å². The lowest BCUT2D eigenvalue weighted by Crippen LogP contribution is -2.66. The zero-order valence-corrected chi connectivity index (χ0v) is 19.6. The van der Waals surface area contributed by atoms with E-state index in [0.717, 1.165) is 38.5 Å². The molecule has 0 N–H and O–H groups in total. The van der Waals surface area contributed by atoms with Gasteiger partial charge in [0, 0.05) is 17.3 Å². The van der Waals surface area contributed by atoms with Gasteiger partial charge in [0.25, 0.3) is 0 Å². The Morgan fingerprint density at radius 3 is 2.45 bits per heavy atom. The van der Waals surface area contributed by atoms with Gasteiger partial charge in [-0.3, -0.25) is 14.4 Å². The highest BCUT2D eigenvalue weighted by Crippen LogP contribution is 2.74. The third kappa shape index (κ3) is 2.51. The second-order valence-electron chi connectivity index (χ2n) is 11.8. The number of fused-ring (bicyclic) bond motifs is 1. The Morgan fingerprint density at radius 2 is 1.77 bits per heavy atom. The summed E-state index contributed by atoms with van der Waals surface area (Å²) in [4.78, 5) is 39.3. The first-order chi connectivity index (χ1) is 14.6. The molecule has 4 heteroatoms. The van der Waals surface area contributed by atoms with Crippen LogP contribution < -0.4 is 0 Å². The van der Waals surface area contributed by atoms with Gasteiger partial charge in [0.15, 0.2) is 11.6 Å². The summed E-state index contributed by atoms with van der Waals surface area (Å²) in [7, 11) is 1.51. The Labute approximate surface area is 185 Å². The highest BCUT2D eigenvalue weighted by atomic mass is 16.5. The summed E-state index contributed by atoms with van der Waals surface area (Å²) in [5.74, 6) is 0.932. The number of ketones is 2. The second-order valence-corrected chi connectivity index (χ2v) is 11.8. The highest BCUT2D eigenvalue weighted by Gasteiger charge is 2.70. The first-order valence-electron chi connectivity index (χ1n) is 12.2. The number of ether oxygens (including phenoxy) is 1. The summed E-state index contributed by atoms with van der Waals surface area (Å²) in [5.41, 5.74) is 0.654. The molecule has 1 spiro atoms. The van der Waals surface area contributed by atoms with Crippen LogP contribution in [0.4, 0.5) is 0 Å². The number of rotatable bonds is 2. The summed E-state index contributed by atoms with van der Waals surface area (Å²) in [6.07, 6.45) is 11.3. The number of hydrogen-bond donors (Lipinski definition) is 0. The molecule has 0 amide bonds. The van der Waals surface area contributed by atoms with E-state index in [1.54, 1.807) is 6.08 Å². The van der Waals surface area contributed by atoms with E-state index in [1.165, 1.54) is 18.8 Å². The molecule has 6 aliphatic carbocycles. The Bertz CT molecular complexity index is 912. The minimum absolute atomic E-state index is 0.0217. The molecule has 0 aromatic rings. The van der Waals surface area contributed by atoms with Crippen LogP contribution in [-0.4, -0.2) is 24.6 Å². The molecule has 31 heavy (non-hydrogen) atoms. The van der Waals surface area contributed by atoms with Crippen molar-refractivity contribution in [1.29, 1.82) is 0 Å². The van der Waals surface area contributed by atoms with Crippen molar-refractivity contribution < 1.29 is 19.1 Å². The summed E-state index contributed by atoms with van der Waals surface area (Å²) in [5, 5.41) is 0. The van der Waals surface area contributed by atoms with E-state index in [2.05, 4.69) is 33.8 Å². The molecule has 0 saturated heterocycles. The Kier molecular flexibility index (Phi) is 4.54. The van der Waals surface area contributed by atoms with Gasteiger partial charge in [-0.25, -0.2) is 0 Å². The Balaban J connectivity index is 1.66. The Hall–Kier alpha value is -1.71. The van der Waals surface area contributed by atoms with Crippen molar-refractivity contribution in [3.05, 3.63) is 23.8 Å². The topological polar surface area (TPSA) is 60.4 Å². The fourth-order valence-corrected chi connectivity index (χ4v) is 9.27. The van der Waals surface area contributed by atoms with Gasteiger partial charge in [-0.2, -0.15) is 0 Å². The molecule has 2 bridgehead atoms. The van der Waals surface area contributed by atoms with Crippen LogP contribution in [0.15, 0.2) is 23.8 Å². The van der Waals surface area contributed by atoms with Crippen LogP contribution >= 0.6 is 0 Å². The van der Waals surface area contributed by atoms with Gasteiger partial charge in [-0.15, -0.1) is 0 Å². The number of carbonyl (C=O) groups excluding carboxylic acids is 3. The van der Waals surface area contributed by atoms with Gasteiger partial charge < -0.3 is 4.74 Å². The number of allylic oxidation sites excluding steroid dienone is 4. The molecule has 8 atom stereocenters. The smallest absolute Gasteiger partial charge is 0.311 e. The molecule has 4 nitrogen and oxygen atoms in total. The predicted octanol–water partition coefficient (Wildman–Crippen LogP) is 4.92. The largest absolute Gasteiger partial charge is 0.469 e. The van der Waals surface area contributed by atoms with E-state index in [9.17, 15) is 14.4 Å². The van der Waals surface area contributed by atoms with Gasteiger partial charge in [-0.1, -0.05) is 38.8 Å². The quantitative estimate of drug-likeness (QED) is 0.466. The molecule has 0 unspecified atom stereocenters. The lowest BCUT2D eigenvalue weighted by atomic mass is 9.33. The van der Waals surface area contributed by atoms with E-state index in [4.69, 9.17) is 4.74 Å². The SMILES string of the molecule is COC(=O)[C@]1(C)CCC[C@]2(C)[C@@H]3C[C@@H]4C(C(C)C)=C[C@]3(CC[C@@H]21)[C@@H]1C(=O)C=CC(=O)[C@@H]41. The fourth-order valence-electron chi connectivity index (χ4n) is 9.27. The standard InChI is InChI=1S/C27H36O4/c1-15(2)17-14-27-12-9-20-25(3,10-6-11-26(20,4)24(30)31-5)21(27)13-16(17)22-18(28)7-8-19(29)23(22)27/h7-8,14-16,20-23H,6,9-13H2,1-5H3/t16-,20+,21+,22-,23-,25+,26-,27+/m1/s1. The number of esters is 1. The number of hydrogen-bond acceptors (Lipinski definition) is 4. The average molecular weight is 425 g/mol. The number of methoxy groups -OCH3 is 1. The van der Waals surface area contributed by atoms with Gasteiger partial charge in [-0.05, 0) is 80.3 Å². The van der Waals surface area contributed by atoms with E-state index < -0.39 is 5.41 Å². The fraction of sp³-hybridized carbons (Fsp3) is 0.741. The monoisotopic (exact) mass is 424 g/mol. The third-order valence-corrected chi connectivity index (χ3v) is 10.4. The van der Waals surface area contributed by atoms with Gasteiger partial charge in [0.2, 0.25) is 0 Å². The van der Waals surface area contributed by atoms with Crippen molar-refractivity contribution in [3.8, 4) is 0 Å². The molecule has 0 radical (unpaired) electrons. The maximum absolute atomic E-state index is 13.3. The summed E-state index contributed by atoms with van der Waals surface area (Å²) in [6, 6.07) is 0. The zero-order valence-electron chi connectivity index (χ0n) is 19.6. The molecule has 3 fully saturated rings. The first kappa shape index (κ1) is 21.2. The molecule has 6 rings (SSSR count). The highest BCUT2D eigenvalue weighted by molar-refractivity contribution is 6.08. The predicted molar refractivity (Wildman–Crippen MR) is 118 cm³/mol. The molecular weight excluding hydrogens is 388 g/mol. The van der Waals surface area contributed by atoms with E-state index >= 15 is 0 Å². The van der Waals surface area contributed by atoms with Crippen LogP contribution in [0.5, 0.6) is 0 Å². The maximum atomic E-state index is 13.3. The van der Waals surface area contributed by atoms with Crippen molar-refractivity contribution in [2.45, 2.75) is 66.2 Å². The minimum Gasteiger partial charge on any atom is -0.469 e. The minimum atomic E-state index is -0.462. The van der Waals surface area contributed by atoms with Crippen LogP contribution in [0.2, 0.25) is 0 Å². The van der Waals surface area contributed by atoms with Crippen molar-refractivity contribution in [1.82, 2.24) is 0 Å². The Morgan fingerprint density at radius 1 is 1.06 bits per heavy atom. The summed E-state index contributed by atoms with van der Waals surface area (Å²) < 4.78 is 5.29. The van der Waals surface area contributed by atoms with Crippen molar-refractivity contribution in [2.24, 2.45) is 51.8 Å². The molecule has 0 aromatic carbocycles. The first-order valence-corrected chi connectivity index (χ1v) is 12.2. The molecule has 0 aromatic heterocycles. The van der Waals surface area contributed by atoms with Gasteiger partial charge in [0.1, 0.15) is 0 Å². The second kappa shape index (κ2) is 6.65. The van der Waals surface area contributed by atoms with E-state index in [1.807, 2.05) is 0 Å². The van der Waals surface area contributed by atoms with Crippen molar-refractivity contribution >= 4 is 17.5 Å². The third-order valence-electron chi connectivity index (χ3n) is 10.4. The molecule has 3 saturated carbocycles. The van der Waals surface area contributed by atoms with Crippen LogP contribution in [0.1, 0.15) is 66.2 Å². The van der Waals surface area contributed by atoms with Crippen LogP contribution in [0, 0.1) is 51.8 Å².